The zero-order valence-electron chi connectivity index (χ0n) is 12.7. The highest BCUT2D eigenvalue weighted by molar-refractivity contribution is 9.10. The van der Waals surface area contributed by atoms with Crippen LogP contribution in [-0.2, 0) is 6.54 Å². The lowest BCUT2D eigenvalue weighted by Crippen LogP contribution is -2.16. The Kier molecular flexibility index (Phi) is 4.75. The number of nitrogen functional groups attached to an aromatic ring is 1. The number of amides is 1. The van der Waals surface area contributed by atoms with Gasteiger partial charge in [-0.2, -0.15) is 0 Å². The number of anilines is 2. The summed E-state index contributed by atoms with van der Waals surface area (Å²) < 4.78 is 29.0. The fourth-order valence-corrected chi connectivity index (χ4v) is 2.63. The number of nitrogens with zero attached hydrogens (tertiary/aromatic N) is 3. The van der Waals surface area contributed by atoms with Gasteiger partial charge in [0.2, 0.25) is 0 Å². The molecule has 0 fully saturated rings. The van der Waals surface area contributed by atoms with E-state index in [4.69, 9.17) is 5.73 Å². The van der Waals surface area contributed by atoms with Crippen molar-refractivity contribution < 1.29 is 13.6 Å². The summed E-state index contributed by atoms with van der Waals surface area (Å²) in [7, 11) is 0. The monoisotopic (exact) mass is 407 g/mol. The third kappa shape index (κ3) is 3.82. The van der Waals surface area contributed by atoms with Gasteiger partial charge in [0.25, 0.3) is 5.91 Å². The summed E-state index contributed by atoms with van der Waals surface area (Å²) >= 11 is 3.37. The molecule has 0 unspecified atom stereocenters. The minimum absolute atomic E-state index is 0.0225. The van der Waals surface area contributed by atoms with Crippen LogP contribution in [0.3, 0.4) is 0 Å². The number of hydrogen-bond acceptors (Lipinski definition) is 4. The molecule has 0 spiro atoms. The summed E-state index contributed by atoms with van der Waals surface area (Å²) in [5.41, 5.74) is 6.34. The van der Waals surface area contributed by atoms with Gasteiger partial charge in [-0.3, -0.25) is 4.79 Å². The highest BCUT2D eigenvalue weighted by Crippen LogP contribution is 2.19. The Labute approximate surface area is 149 Å². The number of carbonyl (C=O) groups is 1. The lowest BCUT2D eigenvalue weighted by atomic mass is 10.2. The molecule has 25 heavy (non-hydrogen) atoms. The molecule has 1 aromatic heterocycles. The number of benzene rings is 2. The third-order valence-corrected chi connectivity index (χ3v) is 3.88. The van der Waals surface area contributed by atoms with Crippen molar-refractivity contribution in [3.63, 3.8) is 0 Å². The number of hydrogen-bond donors (Lipinski definition) is 2. The van der Waals surface area contributed by atoms with E-state index in [1.54, 1.807) is 0 Å². The minimum atomic E-state index is -0.775. The van der Waals surface area contributed by atoms with Gasteiger partial charge in [-0.25, -0.2) is 13.5 Å². The Morgan fingerprint density at radius 1 is 1.24 bits per heavy atom. The fraction of sp³-hybridized carbons (Fsp3) is 0.0625. The zero-order chi connectivity index (χ0) is 18.0. The third-order valence-electron chi connectivity index (χ3n) is 3.39. The maximum Gasteiger partial charge on any atom is 0.280 e. The first kappa shape index (κ1) is 17.0. The first-order chi connectivity index (χ1) is 11.9. The molecule has 0 saturated heterocycles. The molecule has 1 heterocycles. The van der Waals surface area contributed by atoms with Crippen molar-refractivity contribution in [2.45, 2.75) is 6.54 Å². The molecule has 0 saturated carbocycles. The number of nitrogens with two attached hydrogens (primary N) is 1. The van der Waals surface area contributed by atoms with Crippen molar-refractivity contribution in [1.29, 1.82) is 0 Å². The summed E-state index contributed by atoms with van der Waals surface area (Å²) in [5.74, 6) is -2.20. The largest absolute Gasteiger partial charge is 0.382 e. The smallest absolute Gasteiger partial charge is 0.280 e. The predicted molar refractivity (Wildman–Crippen MR) is 92.0 cm³/mol. The quantitative estimate of drug-likeness (QED) is 0.695. The Morgan fingerprint density at radius 2 is 2.04 bits per heavy atom. The molecule has 0 aliphatic rings. The number of aromatic nitrogens is 3. The minimum Gasteiger partial charge on any atom is -0.382 e. The Hall–Kier alpha value is -2.81. The van der Waals surface area contributed by atoms with Crippen LogP contribution >= 0.6 is 15.9 Å². The second-order valence-corrected chi connectivity index (χ2v) is 6.10. The van der Waals surface area contributed by atoms with Crippen molar-refractivity contribution in [3.8, 4) is 0 Å². The Morgan fingerprint density at radius 3 is 2.80 bits per heavy atom. The topological polar surface area (TPSA) is 85.8 Å². The van der Waals surface area contributed by atoms with E-state index in [-0.39, 0.29) is 17.2 Å². The zero-order valence-corrected chi connectivity index (χ0v) is 14.3. The van der Waals surface area contributed by atoms with Crippen LogP contribution in [0.15, 0.2) is 46.9 Å². The molecule has 3 rings (SSSR count). The first-order valence-electron chi connectivity index (χ1n) is 7.14. The van der Waals surface area contributed by atoms with E-state index in [9.17, 15) is 13.6 Å². The summed E-state index contributed by atoms with van der Waals surface area (Å²) in [4.78, 5) is 12.2. The van der Waals surface area contributed by atoms with Crippen LogP contribution in [0.2, 0.25) is 0 Å². The van der Waals surface area contributed by atoms with Crippen molar-refractivity contribution in [3.05, 3.63) is 69.8 Å². The summed E-state index contributed by atoms with van der Waals surface area (Å²) in [6.07, 6.45) is 0. The van der Waals surface area contributed by atoms with Gasteiger partial charge in [0.05, 0.1) is 12.2 Å². The van der Waals surface area contributed by atoms with E-state index in [1.807, 2.05) is 24.3 Å². The van der Waals surface area contributed by atoms with E-state index < -0.39 is 17.5 Å². The van der Waals surface area contributed by atoms with E-state index in [0.29, 0.717) is 6.54 Å². The Bertz CT molecular complexity index is 944. The summed E-state index contributed by atoms with van der Waals surface area (Å²) in [6.45, 7) is 0.305. The molecule has 3 aromatic rings. The second kappa shape index (κ2) is 6.98. The fourth-order valence-electron chi connectivity index (χ4n) is 2.18. The summed E-state index contributed by atoms with van der Waals surface area (Å²) in [5, 5.41) is 9.81. The normalized spacial score (nSPS) is 10.7. The van der Waals surface area contributed by atoms with Gasteiger partial charge in [0.15, 0.2) is 11.5 Å². The lowest BCUT2D eigenvalue weighted by molar-refractivity contribution is 0.102. The van der Waals surface area contributed by atoms with Crippen LogP contribution in [0.5, 0.6) is 0 Å². The lowest BCUT2D eigenvalue weighted by Gasteiger charge is -2.06. The number of carbonyl (C=O) groups excluding carboxylic acids is 1. The summed E-state index contributed by atoms with van der Waals surface area (Å²) in [6, 6.07) is 10.2. The first-order valence-corrected chi connectivity index (χ1v) is 7.93. The molecule has 0 atom stereocenters. The molecule has 9 heteroatoms. The average molecular weight is 408 g/mol. The molecule has 1 amide bonds. The van der Waals surface area contributed by atoms with Crippen LogP contribution < -0.4 is 11.1 Å². The average Bonchev–Trinajstić information content (AvgIpc) is 2.92. The molecule has 0 radical (unpaired) electrons. The number of rotatable bonds is 4. The van der Waals surface area contributed by atoms with Crippen LogP contribution in [-0.4, -0.2) is 20.9 Å². The van der Waals surface area contributed by atoms with E-state index >= 15 is 0 Å². The van der Waals surface area contributed by atoms with Crippen molar-refractivity contribution in [1.82, 2.24) is 15.0 Å². The molecule has 0 aliphatic heterocycles. The SMILES string of the molecule is Nc1c(C(=O)Nc2cc(F)ccc2F)nnn1Cc1cccc(Br)c1. The maximum atomic E-state index is 13.6. The maximum absolute atomic E-state index is 13.6. The molecule has 0 aliphatic carbocycles. The van der Waals surface area contributed by atoms with Gasteiger partial charge in [-0.1, -0.05) is 33.3 Å². The van der Waals surface area contributed by atoms with Crippen LogP contribution in [0.25, 0.3) is 0 Å². The Balaban J connectivity index is 1.80. The van der Waals surface area contributed by atoms with Crippen LogP contribution in [0.1, 0.15) is 16.1 Å². The van der Waals surface area contributed by atoms with Crippen molar-refractivity contribution >= 4 is 33.3 Å². The van der Waals surface area contributed by atoms with E-state index in [0.717, 1.165) is 28.2 Å². The van der Waals surface area contributed by atoms with E-state index in [1.165, 1.54) is 4.68 Å². The van der Waals surface area contributed by atoms with Crippen LogP contribution in [0.4, 0.5) is 20.3 Å². The van der Waals surface area contributed by atoms with Crippen molar-refractivity contribution in [2.75, 3.05) is 11.1 Å². The van der Waals surface area contributed by atoms with Crippen molar-refractivity contribution in [2.24, 2.45) is 0 Å². The highest BCUT2D eigenvalue weighted by Gasteiger charge is 2.19. The number of nitrogens with one attached hydrogen (secondary N) is 1. The van der Waals surface area contributed by atoms with Gasteiger partial charge in [-0.05, 0) is 29.8 Å². The van der Waals surface area contributed by atoms with Gasteiger partial charge in [0.1, 0.15) is 11.6 Å². The van der Waals surface area contributed by atoms with Gasteiger partial charge >= 0.3 is 0 Å². The number of halogens is 3. The standard InChI is InChI=1S/C16H12BrF2N5O/c17-10-3-1-2-9(6-10)8-24-15(20)14(22-23-24)16(25)21-13-7-11(18)4-5-12(13)19/h1-7H,8,20H2,(H,21,25). The van der Waals surface area contributed by atoms with Gasteiger partial charge in [-0.15, -0.1) is 5.10 Å². The molecule has 6 nitrogen and oxygen atoms in total. The highest BCUT2D eigenvalue weighted by atomic mass is 79.9. The molecule has 3 N–H and O–H groups in total. The predicted octanol–water partition coefficient (Wildman–Crippen LogP) is 3.20. The molecule has 0 bridgehead atoms. The molecule has 2 aromatic carbocycles. The molecular formula is C16H12BrF2N5O. The second-order valence-electron chi connectivity index (χ2n) is 5.19. The van der Waals surface area contributed by atoms with Crippen LogP contribution in [0, 0.1) is 11.6 Å². The molecular weight excluding hydrogens is 396 g/mol. The van der Waals surface area contributed by atoms with Gasteiger partial charge in [0, 0.05) is 10.5 Å². The van der Waals surface area contributed by atoms with Gasteiger partial charge < -0.3 is 11.1 Å². The van der Waals surface area contributed by atoms with E-state index in [2.05, 4.69) is 31.6 Å². The molecule has 128 valence electrons.